The summed E-state index contributed by atoms with van der Waals surface area (Å²) < 4.78 is 0. The first-order chi connectivity index (χ1) is 10.4. The molecule has 1 aliphatic rings. The predicted molar refractivity (Wildman–Crippen MR) is 107 cm³/mol. The van der Waals surface area contributed by atoms with Crippen LogP contribution in [0.1, 0.15) is 38.5 Å². The molecule has 1 saturated heterocycles. The van der Waals surface area contributed by atoms with Crippen molar-refractivity contribution in [1.82, 2.24) is 10.2 Å². The van der Waals surface area contributed by atoms with E-state index in [1.165, 1.54) is 4.88 Å². The molecule has 1 aromatic heterocycles. The van der Waals surface area contributed by atoms with Crippen molar-refractivity contribution in [3.63, 3.8) is 0 Å². The van der Waals surface area contributed by atoms with Crippen molar-refractivity contribution in [3.8, 4) is 0 Å². The molecule has 0 aliphatic carbocycles. The molecule has 1 aliphatic heterocycles. The zero-order valence-electron chi connectivity index (χ0n) is 14.8. The molecule has 0 bridgehead atoms. The Morgan fingerprint density at radius 3 is 2.50 bits per heavy atom. The van der Waals surface area contributed by atoms with Gasteiger partial charge in [0, 0.05) is 18.0 Å². The third-order valence-electron chi connectivity index (χ3n) is 4.45. The van der Waals surface area contributed by atoms with E-state index in [1.54, 1.807) is 0 Å². The number of thiophene rings is 1. The quantitative estimate of drug-likeness (QED) is 0.803. The topological polar surface area (TPSA) is 58.4 Å². The third kappa shape index (κ3) is 7.28. The van der Waals surface area contributed by atoms with Crippen molar-refractivity contribution in [3.05, 3.63) is 22.4 Å². The number of nitrogens with zero attached hydrogens (tertiary/aromatic N) is 1. The summed E-state index contributed by atoms with van der Waals surface area (Å²) in [5.74, 6) is 0.559. The van der Waals surface area contributed by atoms with Gasteiger partial charge in [-0.1, -0.05) is 26.8 Å². The van der Waals surface area contributed by atoms with E-state index in [2.05, 4.69) is 27.7 Å². The van der Waals surface area contributed by atoms with Gasteiger partial charge in [0.15, 0.2) is 0 Å². The van der Waals surface area contributed by atoms with Gasteiger partial charge in [-0.25, -0.2) is 0 Å². The van der Waals surface area contributed by atoms with Crippen LogP contribution in [-0.2, 0) is 11.3 Å². The molecule has 1 fully saturated rings. The van der Waals surface area contributed by atoms with E-state index in [1.807, 2.05) is 32.1 Å². The molecule has 3 N–H and O–H groups in total. The molecule has 0 unspecified atom stereocenters. The predicted octanol–water partition coefficient (Wildman–Crippen LogP) is 3.29. The number of hydrogen-bond donors (Lipinski definition) is 2. The maximum atomic E-state index is 12.1. The van der Waals surface area contributed by atoms with Crippen molar-refractivity contribution in [2.24, 2.45) is 17.1 Å². The number of halogens is 2. The largest absolute Gasteiger partial charge is 0.354 e. The van der Waals surface area contributed by atoms with Crippen molar-refractivity contribution in [2.75, 3.05) is 19.6 Å². The summed E-state index contributed by atoms with van der Waals surface area (Å²) in [7, 11) is 0. The molecule has 2 rings (SSSR count). The summed E-state index contributed by atoms with van der Waals surface area (Å²) in [4.78, 5) is 16.0. The van der Waals surface area contributed by atoms with Gasteiger partial charge in [0.05, 0.1) is 6.04 Å². The number of nitrogens with one attached hydrogen (secondary N) is 1. The Hall–Kier alpha value is -0.330. The standard InChI is InChI=1S/C17H29N3OS.2ClH/c1-17(2,3)15(18)16(21)19-11-13-6-8-20(9-7-13)12-14-5-4-10-22-14;;/h4-5,10,13,15H,6-9,11-12,18H2,1-3H3,(H,19,21);2*1H/t15-;;/m1../s1. The number of piperidine rings is 1. The van der Waals surface area contributed by atoms with Crippen molar-refractivity contribution in [2.45, 2.75) is 46.2 Å². The SMILES string of the molecule is CC(C)(C)[C@H](N)C(=O)NCC1CCN(Cc2cccs2)CC1.Cl.Cl. The highest BCUT2D eigenvalue weighted by Gasteiger charge is 2.28. The second-order valence-corrected chi connectivity index (χ2v) is 8.42. The van der Waals surface area contributed by atoms with Crippen LogP contribution in [0, 0.1) is 11.3 Å². The maximum Gasteiger partial charge on any atom is 0.237 e. The number of carbonyl (C=O) groups excluding carboxylic acids is 1. The van der Waals surface area contributed by atoms with Crippen molar-refractivity contribution < 1.29 is 4.79 Å². The lowest BCUT2D eigenvalue weighted by molar-refractivity contribution is -0.124. The molecule has 2 heterocycles. The molecule has 1 aromatic rings. The Morgan fingerprint density at radius 2 is 2.00 bits per heavy atom. The molecule has 24 heavy (non-hydrogen) atoms. The van der Waals surface area contributed by atoms with Crippen molar-refractivity contribution in [1.29, 1.82) is 0 Å². The van der Waals surface area contributed by atoms with Gasteiger partial charge >= 0.3 is 0 Å². The molecule has 0 saturated carbocycles. The van der Waals surface area contributed by atoms with Crippen LogP contribution >= 0.6 is 36.2 Å². The highest BCUT2D eigenvalue weighted by Crippen LogP contribution is 2.21. The average Bonchev–Trinajstić information content (AvgIpc) is 2.97. The lowest BCUT2D eigenvalue weighted by atomic mass is 9.86. The van der Waals surface area contributed by atoms with E-state index in [0.717, 1.165) is 39.0 Å². The minimum absolute atomic E-state index is 0. The fourth-order valence-electron chi connectivity index (χ4n) is 2.72. The summed E-state index contributed by atoms with van der Waals surface area (Å²) >= 11 is 1.82. The monoisotopic (exact) mass is 395 g/mol. The second-order valence-electron chi connectivity index (χ2n) is 7.39. The van der Waals surface area contributed by atoms with E-state index in [4.69, 9.17) is 5.73 Å². The van der Waals surface area contributed by atoms with Gasteiger partial charge in [0.2, 0.25) is 5.91 Å². The van der Waals surface area contributed by atoms with Gasteiger partial charge in [0.25, 0.3) is 0 Å². The number of rotatable bonds is 5. The fraction of sp³-hybridized carbons (Fsp3) is 0.706. The van der Waals surface area contributed by atoms with Crippen LogP contribution in [0.15, 0.2) is 17.5 Å². The summed E-state index contributed by atoms with van der Waals surface area (Å²) in [5, 5.41) is 5.17. The second kappa shape index (κ2) is 10.6. The smallest absolute Gasteiger partial charge is 0.237 e. The maximum absolute atomic E-state index is 12.1. The van der Waals surface area contributed by atoms with Crippen LogP contribution in [0.3, 0.4) is 0 Å². The van der Waals surface area contributed by atoms with E-state index < -0.39 is 6.04 Å². The Morgan fingerprint density at radius 1 is 1.38 bits per heavy atom. The normalized spacial score (nSPS) is 17.5. The van der Waals surface area contributed by atoms with Crippen LogP contribution in [0.2, 0.25) is 0 Å². The van der Waals surface area contributed by atoms with Gasteiger partial charge in [-0.2, -0.15) is 0 Å². The molecule has 0 aromatic carbocycles. The third-order valence-corrected chi connectivity index (χ3v) is 5.31. The Bertz CT molecular complexity index is 469. The van der Waals surface area contributed by atoms with Crippen LogP contribution in [0.25, 0.3) is 0 Å². The Labute approximate surface area is 162 Å². The number of carbonyl (C=O) groups is 1. The fourth-order valence-corrected chi connectivity index (χ4v) is 3.47. The van der Waals surface area contributed by atoms with Crippen molar-refractivity contribution >= 4 is 42.1 Å². The van der Waals surface area contributed by atoms with Gasteiger partial charge in [-0.05, 0) is 48.7 Å². The van der Waals surface area contributed by atoms with E-state index >= 15 is 0 Å². The zero-order chi connectivity index (χ0) is 16.2. The summed E-state index contributed by atoms with van der Waals surface area (Å²) in [6, 6.07) is 3.87. The van der Waals surface area contributed by atoms with Gasteiger partial charge in [0.1, 0.15) is 0 Å². The Kier molecular flexibility index (Phi) is 10.5. The molecule has 1 amide bonds. The van der Waals surface area contributed by atoms with Crippen LogP contribution in [0.5, 0.6) is 0 Å². The van der Waals surface area contributed by atoms with Gasteiger partial charge in [-0.15, -0.1) is 36.2 Å². The molecule has 1 atom stereocenters. The van der Waals surface area contributed by atoms with E-state index in [9.17, 15) is 4.79 Å². The first-order valence-electron chi connectivity index (χ1n) is 8.14. The van der Waals surface area contributed by atoms with E-state index in [0.29, 0.717) is 5.92 Å². The molecular formula is C17H31Cl2N3OS. The molecule has 0 spiro atoms. The van der Waals surface area contributed by atoms with Crippen LogP contribution in [-0.4, -0.2) is 36.5 Å². The summed E-state index contributed by atoms with van der Waals surface area (Å²) in [6.07, 6.45) is 2.30. The average molecular weight is 396 g/mol. The highest BCUT2D eigenvalue weighted by molar-refractivity contribution is 7.09. The lowest BCUT2D eigenvalue weighted by Gasteiger charge is -2.32. The molecule has 0 radical (unpaired) electrons. The Balaban J connectivity index is 0.00000264. The minimum Gasteiger partial charge on any atom is -0.354 e. The summed E-state index contributed by atoms with van der Waals surface area (Å²) in [5.41, 5.74) is 5.80. The minimum atomic E-state index is -0.439. The highest BCUT2D eigenvalue weighted by atomic mass is 35.5. The van der Waals surface area contributed by atoms with Gasteiger partial charge in [-0.3, -0.25) is 9.69 Å². The summed E-state index contributed by atoms with van der Waals surface area (Å²) in [6.45, 7) is 10.1. The number of amides is 1. The van der Waals surface area contributed by atoms with Crippen LogP contribution in [0.4, 0.5) is 0 Å². The molecular weight excluding hydrogens is 365 g/mol. The molecule has 140 valence electrons. The number of likely N-dealkylation sites (tertiary alicyclic amines) is 1. The first-order valence-corrected chi connectivity index (χ1v) is 9.02. The zero-order valence-corrected chi connectivity index (χ0v) is 17.2. The molecule has 4 nitrogen and oxygen atoms in total. The number of hydrogen-bond acceptors (Lipinski definition) is 4. The van der Waals surface area contributed by atoms with Crippen LogP contribution < -0.4 is 11.1 Å². The number of nitrogens with two attached hydrogens (primary N) is 1. The van der Waals surface area contributed by atoms with E-state index in [-0.39, 0.29) is 36.1 Å². The first kappa shape index (κ1) is 23.7. The van der Waals surface area contributed by atoms with Gasteiger partial charge < -0.3 is 11.1 Å². The molecule has 7 heteroatoms. The lowest BCUT2D eigenvalue weighted by Crippen LogP contribution is -2.50.